The largest absolute Gasteiger partial charge is 0.481 e. The van der Waals surface area contributed by atoms with E-state index < -0.39 is 12.1 Å². The van der Waals surface area contributed by atoms with Crippen LogP contribution in [0, 0.1) is 5.92 Å². The van der Waals surface area contributed by atoms with Crippen molar-refractivity contribution in [2.45, 2.75) is 97.0 Å². The number of aliphatic carboxylic acids is 1. The highest BCUT2D eigenvalue weighted by molar-refractivity contribution is 5.71. The van der Waals surface area contributed by atoms with Crippen molar-refractivity contribution in [2.75, 3.05) is 27.7 Å². The zero-order valence-corrected chi connectivity index (χ0v) is 18.5. The maximum absolute atomic E-state index is 12.2. The quantitative estimate of drug-likeness (QED) is 0.216. The molecular formula is C22H44NO4+. The number of carboxylic acids is 1. The van der Waals surface area contributed by atoms with Crippen LogP contribution in [0.1, 0.15) is 90.9 Å². The van der Waals surface area contributed by atoms with E-state index in [2.05, 4.69) is 13.8 Å². The van der Waals surface area contributed by atoms with Gasteiger partial charge in [0.2, 0.25) is 0 Å². The summed E-state index contributed by atoms with van der Waals surface area (Å²) in [6, 6.07) is 0. The maximum Gasteiger partial charge on any atom is 0.307 e. The highest BCUT2D eigenvalue weighted by atomic mass is 16.5. The Morgan fingerprint density at radius 3 is 1.89 bits per heavy atom. The fourth-order valence-electron chi connectivity index (χ4n) is 3.37. The highest BCUT2D eigenvalue weighted by Crippen LogP contribution is 2.17. The second kappa shape index (κ2) is 14.9. The van der Waals surface area contributed by atoms with Crippen LogP contribution in [0.4, 0.5) is 0 Å². The molecule has 0 aliphatic rings. The van der Waals surface area contributed by atoms with Gasteiger partial charge in [-0.15, -0.1) is 0 Å². The van der Waals surface area contributed by atoms with E-state index in [1.54, 1.807) is 0 Å². The van der Waals surface area contributed by atoms with Crippen LogP contribution in [0.25, 0.3) is 0 Å². The fourth-order valence-corrected chi connectivity index (χ4v) is 3.37. The number of hydrogen-bond donors (Lipinski definition) is 1. The van der Waals surface area contributed by atoms with Crippen molar-refractivity contribution in [3.8, 4) is 0 Å². The molecule has 2 atom stereocenters. The van der Waals surface area contributed by atoms with Crippen molar-refractivity contribution in [1.29, 1.82) is 0 Å². The van der Waals surface area contributed by atoms with Gasteiger partial charge in [-0.25, -0.2) is 0 Å². The first-order valence-corrected chi connectivity index (χ1v) is 10.9. The number of esters is 1. The summed E-state index contributed by atoms with van der Waals surface area (Å²) in [6.45, 7) is 4.83. The predicted octanol–water partition coefficient (Wildman–Crippen LogP) is 5.03. The van der Waals surface area contributed by atoms with Gasteiger partial charge in [-0.3, -0.25) is 9.59 Å². The third-order valence-electron chi connectivity index (χ3n) is 4.77. The SMILES string of the molecule is CCCCCCCCCCCC(C)CC(=O)OC(CC(=O)O)C[N+](C)(C)C. The summed E-state index contributed by atoms with van der Waals surface area (Å²) in [5.41, 5.74) is 0. The van der Waals surface area contributed by atoms with Gasteiger partial charge in [0.25, 0.3) is 0 Å². The lowest BCUT2D eigenvalue weighted by Crippen LogP contribution is -2.43. The van der Waals surface area contributed by atoms with Crippen molar-refractivity contribution in [3.63, 3.8) is 0 Å². The van der Waals surface area contributed by atoms with Gasteiger partial charge in [-0.1, -0.05) is 78.1 Å². The molecule has 0 rings (SSSR count). The lowest BCUT2D eigenvalue weighted by molar-refractivity contribution is -0.873. The molecular weight excluding hydrogens is 342 g/mol. The summed E-state index contributed by atoms with van der Waals surface area (Å²) in [6.07, 6.45) is 12.4. The minimum atomic E-state index is -0.927. The average Bonchev–Trinajstić information content (AvgIpc) is 2.50. The van der Waals surface area contributed by atoms with Crippen molar-refractivity contribution in [2.24, 2.45) is 5.92 Å². The van der Waals surface area contributed by atoms with Gasteiger partial charge >= 0.3 is 11.9 Å². The van der Waals surface area contributed by atoms with E-state index >= 15 is 0 Å². The molecule has 0 saturated heterocycles. The van der Waals surface area contributed by atoms with Crippen LogP contribution >= 0.6 is 0 Å². The molecule has 0 saturated carbocycles. The molecule has 5 nitrogen and oxygen atoms in total. The summed E-state index contributed by atoms with van der Waals surface area (Å²) in [5.74, 6) is -0.904. The number of carbonyl (C=O) groups is 2. The highest BCUT2D eigenvalue weighted by Gasteiger charge is 2.25. The summed E-state index contributed by atoms with van der Waals surface area (Å²) < 4.78 is 6.03. The first-order chi connectivity index (χ1) is 12.6. The van der Waals surface area contributed by atoms with Crippen LogP contribution in [-0.2, 0) is 14.3 Å². The molecule has 0 aromatic carbocycles. The first-order valence-electron chi connectivity index (χ1n) is 10.9. The van der Waals surface area contributed by atoms with E-state index in [-0.39, 0.29) is 18.3 Å². The number of rotatable bonds is 17. The molecule has 27 heavy (non-hydrogen) atoms. The second-order valence-electron chi connectivity index (χ2n) is 9.11. The third-order valence-corrected chi connectivity index (χ3v) is 4.77. The first kappa shape index (κ1) is 25.9. The molecule has 160 valence electrons. The zero-order chi connectivity index (χ0) is 20.7. The third kappa shape index (κ3) is 18.0. The monoisotopic (exact) mass is 386 g/mol. The van der Waals surface area contributed by atoms with E-state index in [0.717, 1.165) is 12.8 Å². The van der Waals surface area contributed by atoms with Crippen LogP contribution in [0.2, 0.25) is 0 Å². The Balaban J connectivity index is 3.93. The van der Waals surface area contributed by atoms with E-state index in [9.17, 15) is 9.59 Å². The Morgan fingerprint density at radius 1 is 0.889 bits per heavy atom. The van der Waals surface area contributed by atoms with Crippen LogP contribution in [0.15, 0.2) is 0 Å². The summed E-state index contributed by atoms with van der Waals surface area (Å²) in [5, 5.41) is 9.02. The number of quaternary nitrogens is 1. The molecule has 5 heteroatoms. The van der Waals surface area contributed by atoms with E-state index in [4.69, 9.17) is 9.84 Å². The molecule has 2 unspecified atom stereocenters. The van der Waals surface area contributed by atoms with Crippen molar-refractivity contribution in [3.05, 3.63) is 0 Å². The minimum Gasteiger partial charge on any atom is -0.481 e. The molecule has 0 aromatic heterocycles. The number of ether oxygens (including phenoxy) is 1. The lowest BCUT2D eigenvalue weighted by atomic mass is 9.99. The predicted molar refractivity (Wildman–Crippen MR) is 111 cm³/mol. The minimum absolute atomic E-state index is 0.131. The second-order valence-corrected chi connectivity index (χ2v) is 9.11. The lowest BCUT2D eigenvalue weighted by Gasteiger charge is -2.28. The van der Waals surface area contributed by atoms with Gasteiger partial charge in [-0.2, -0.15) is 0 Å². The number of likely N-dealkylation sites (N-methyl/N-ethyl adjacent to an activating group) is 1. The Labute approximate surface area is 167 Å². The van der Waals surface area contributed by atoms with E-state index in [1.165, 1.54) is 51.4 Å². The number of carbonyl (C=O) groups excluding carboxylic acids is 1. The van der Waals surface area contributed by atoms with Crippen LogP contribution in [-0.4, -0.2) is 55.3 Å². The summed E-state index contributed by atoms with van der Waals surface area (Å²) >= 11 is 0. The maximum atomic E-state index is 12.2. The molecule has 0 radical (unpaired) electrons. The molecule has 0 aliphatic heterocycles. The topological polar surface area (TPSA) is 63.6 Å². The van der Waals surface area contributed by atoms with Gasteiger partial charge in [0.1, 0.15) is 6.54 Å². The van der Waals surface area contributed by atoms with Crippen molar-refractivity contribution in [1.82, 2.24) is 0 Å². The number of unbranched alkanes of at least 4 members (excludes halogenated alkanes) is 8. The number of nitrogens with zero attached hydrogens (tertiary/aromatic N) is 1. The molecule has 1 N–H and O–H groups in total. The van der Waals surface area contributed by atoms with Crippen LogP contribution in [0.5, 0.6) is 0 Å². The smallest absolute Gasteiger partial charge is 0.307 e. The standard InChI is InChI=1S/C22H43NO4/c1-6-7-8-9-10-11-12-13-14-15-19(2)16-22(26)27-20(17-21(24)25)18-23(3,4)5/h19-20H,6-18H2,1-5H3/p+1. The number of hydrogen-bond acceptors (Lipinski definition) is 3. The number of carboxylic acid groups (broad SMARTS) is 1. The van der Waals surface area contributed by atoms with Gasteiger partial charge < -0.3 is 14.3 Å². The molecule has 0 amide bonds. The Kier molecular flexibility index (Phi) is 14.3. The van der Waals surface area contributed by atoms with Gasteiger partial charge in [0.05, 0.1) is 27.6 Å². The zero-order valence-electron chi connectivity index (χ0n) is 18.5. The van der Waals surface area contributed by atoms with E-state index in [1.807, 2.05) is 21.1 Å². The molecule has 0 aromatic rings. The van der Waals surface area contributed by atoms with Crippen molar-refractivity contribution < 1.29 is 23.9 Å². The molecule has 0 bridgehead atoms. The molecule has 0 spiro atoms. The van der Waals surface area contributed by atoms with E-state index in [0.29, 0.717) is 17.4 Å². The normalized spacial score (nSPS) is 14.0. The van der Waals surface area contributed by atoms with Crippen molar-refractivity contribution >= 4 is 11.9 Å². The average molecular weight is 387 g/mol. The van der Waals surface area contributed by atoms with Gasteiger partial charge in [0.15, 0.2) is 6.10 Å². The summed E-state index contributed by atoms with van der Waals surface area (Å²) in [7, 11) is 5.90. The summed E-state index contributed by atoms with van der Waals surface area (Å²) in [4.78, 5) is 23.2. The van der Waals surface area contributed by atoms with Crippen LogP contribution < -0.4 is 0 Å². The van der Waals surface area contributed by atoms with Gasteiger partial charge in [-0.05, 0) is 5.92 Å². The molecule has 0 fully saturated rings. The Hall–Kier alpha value is -1.10. The molecule has 0 heterocycles. The Morgan fingerprint density at radius 2 is 1.41 bits per heavy atom. The van der Waals surface area contributed by atoms with Crippen LogP contribution in [0.3, 0.4) is 0 Å². The molecule has 0 aliphatic carbocycles. The Bertz CT molecular complexity index is 404. The van der Waals surface area contributed by atoms with Gasteiger partial charge in [0, 0.05) is 6.42 Å². The fraction of sp³-hybridized carbons (Fsp3) is 0.909.